The molecule has 0 heterocycles. The van der Waals surface area contributed by atoms with Gasteiger partial charge in [0.25, 0.3) is 0 Å². The van der Waals surface area contributed by atoms with Gasteiger partial charge in [-0.15, -0.1) is 0 Å². The first-order chi connectivity index (χ1) is 10.0. The van der Waals surface area contributed by atoms with E-state index in [9.17, 15) is 18.0 Å². The Morgan fingerprint density at radius 1 is 1.23 bits per heavy atom. The maximum absolute atomic E-state index is 12.9. The molecule has 0 aliphatic rings. The smallest absolute Gasteiger partial charge is 0.416 e. The Morgan fingerprint density at radius 3 is 2.27 bits per heavy atom. The maximum atomic E-state index is 12.9. The molecule has 22 heavy (non-hydrogen) atoms. The molecule has 1 aromatic rings. The summed E-state index contributed by atoms with van der Waals surface area (Å²) in [5, 5.41) is 0. The van der Waals surface area contributed by atoms with Crippen molar-refractivity contribution >= 4 is 5.97 Å². The summed E-state index contributed by atoms with van der Waals surface area (Å²) < 4.78 is 48.9. The van der Waals surface area contributed by atoms with E-state index < -0.39 is 29.4 Å². The molecule has 6 heteroatoms. The Labute approximate surface area is 128 Å². The average Bonchev–Trinajstić information content (AvgIpc) is 2.42. The van der Waals surface area contributed by atoms with Gasteiger partial charge in [0.15, 0.2) is 0 Å². The minimum Gasteiger partial charge on any atom is -0.431 e. The molecule has 0 saturated heterocycles. The largest absolute Gasteiger partial charge is 0.431 e. The quantitative estimate of drug-likeness (QED) is 0.586. The number of ether oxygens (including phenoxy) is 2. The van der Waals surface area contributed by atoms with Crippen LogP contribution in [0.15, 0.2) is 18.2 Å². The van der Waals surface area contributed by atoms with Gasteiger partial charge in [-0.3, -0.25) is 4.79 Å². The fourth-order valence-electron chi connectivity index (χ4n) is 1.77. The SMILES string of the molecule is CCC(C)(C)C(=O)OC(OC)c1cc(C)cc(C(F)(F)F)c1. The molecule has 0 aliphatic heterocycles. The molecule has 1 unspecified atom stereocenters. The first kappa shape index (κ1) is 18.5. The van der Waals surface area contributed by atoms with Gasteiger partial charge in [0.05, 0.1) is 11.0 Å². The van der Waals surface area contributed by atoms with Crippen molar-refractivity contribution < 1.29 is 27.4 Å². The summed E-state index contributed by atoms with van der Waals surface area (Å²) in [6, 6.07) is 3.48. The Balaban J connectivity index is 3.11. The number of esters is 1. The molecule has 0 saturated carbocycles. The molecule has 0 radical (unpaired) electrons. The van der Waals surface area contributed by atoms with Crippen molar-refractivity contribution in [1.29, 1.82) is 0 Å². The van der Waals surface area contributed by atoms with Crippen LogP contribution in [0.3, 0.4) is 0 Å². The zero-order valence-electron chi connectivity index (χ0n) is 13.4. The van der Waals surface area contributed by atoms with Crippen LogP contribution in [0.4, 0.5) is 13.2 Å². The maximum Gasteiger partial charge on any atom is 0.416 e. The standard InChI is InChI=1S/C16H21F3O3/c1-6-15(3,4)14(20)22-13(21-5)11-7-10(2)8-12(9-11)16(17,18)19/h7-9,13H,6H2,1-5H3. The van der Waals surface area contributed by atoms with E-state index in [0.717, 1.165) is 12.1 Å². The molecule has 0 aromatic heterocycles. The Hall–Kier alpha value is -1.56. The highest BCUT2D eigenvalue weighted by Crippen LogP contribution is 2.33. The van der Waals surface area contributed by atoms with E-state index in [-0.39, 0.29) is 5.56 Å². The fourth-order valence-corrected chi connectivity index (χ4v) is 1.77. The third-order valence-corrected chi connectivity index (χ3v) is 3.56. The van der Waals surface area contributed by atoms with Crippen molar-refractivity contribution in [3.63, 3.8) is 0 Å². The van der Waals surface area contributed by atoms with Gasteiger partial charge in [-0.2, -0.15) is 13.2 Å². The van der Waals surface area contributed by atoms with Crippen LogP contribution in [0.25, 0.3) is 0 Å². The number of carbonyl (C=O) groups is 1. The second-order valence-electron chi connectivity index (χ2n) is 5.84. The van der Waals surface area contributed by atoms with Crippen LogP contribution in [0.1, 0.15) is 50.2 Å². The lowest BCUT2D eigenvalue weighted by molar-refractivity contribution is -0.185. The molecular weight excluding hydrogens is 297 g/mol. The first-order valence-electron chi connectivity index (χ1n) is 6.94. The predicted molar refractivity (Wildman–Crippen MR) is 76.1 cm³/mol. The Bertz CT molecular complexity index is 536. The lowest BCUT2D eigenvalue weighted by atomic mass is 9.90. The van der Waals surface area contributed by atoms with Crippen LogP contribution >= 0.6 is 0 Å². The minimum absolute atomic E-state index is 0.162. The van der Waals surface area contributed by atoms with Crippen LogP contribution in [-0.2, 0) is 20.4 Å². The van der Waals surface area contributed by atoms with Crippen molar-refractivity contribution in [2.75, 3.05) is 7.11 Å². The van der Waals surface area contributed by atoms with Crippen molar-refractivity contribution in [1.82, 2.24) is 0 Å². The fraction of sp³-hybridized carbons (Fsp3) is 0.562. The van der Waals surface area contributed by atoms with E-state index >= 15 is 0 Å². The van der Waals surface area contributed by atoms with E-state index in [1.165, 1.54) is 13.2 Å². The van der Waals surface area contributed by atoms with E-state index in [0.29, 0.717) is 12.0 Å². The van der Waals surface area contributed by atoms with Crippen LogP contribution in [0, 0.1) is 12.3 Å². The van der Waals surface area contributed by atoms with Gasteiger partial charge in [0.1, 0.15) is 0 Å². The topological polar surface area (TPSA) is 35.5 Å². The lowest BCUT2D eigenvalue weighted by Gasteiger charge is -2.25. The zero-order chi connectivity index (χ0) is 17.1. The minimum atomic E-state index is -4.47. The summed E-state index contributed by atoms with van der Waals surface area (Å²) in [6.45, 7) is 6.79. The number of benzene rings is 1. The zero-order valence-corrected chi connectivity index (χ0v) is 13.4. The van der Waals surface area contributed by atoms with Gasteiger partial charge in [0, 0.05) is 12.7 Å². The number of rotatable bonds is 5. The first-order valence-corrected chi connectivity index (χ1v) is 6.94. The number of carbonyl (C=O) groups excluding carboxylic acids is 1. The highest BCUT2D eigenvalue weighted by Gasteiger charge is 2.33. The number of alkyl halides is 3. The summed E-state index contributed by atoms with van der Waals surface area (Å²) in [5.41, 5.74) is -0.948. The number of aryl methyl sites for hydroxylation is 1. The van der Waals surface area contributed by atoms with Gasteiger partial charge >= 0.3 is 12.1 Å². The highest BCUT2D eigenvalue weighted by atomic mass is 19.4. The third kappa shape index (κ3) is 4.47. The molecule has 1 aromatic carbocycles. The summed E-state index contributed by atoms with van der Waals surface area (Å²) in [5.74, 6) is -0.517. The monoisotopic (exact) mass is 318 g/mol. The summed E-state index contributed by atoms with van der Waals surface area (Å²) in [4.78, 5) is 12.1. The molecule has 0 bridgehead atoms. The number of hydrogen-bond acceptors (Lipinski definition) is 3. The number of hydrogen-bond donors (Lipinski definition) is 0. The van der Waals surface area contributed by atoms with Gasteiger partial charge in [-0.25, -0.2) is 0 Å². The molecule has 0 spiro atoms. The third-order valence-electron chi connectivity index (χ3n) is 3.56. The molecule has 3 nitrogen and oxygen atoms in total. The predicted octanol–water partition coefficient (Wildman–Crippen LogP) is 4.64. The summed E-state index contributed by atoms with van der Waals surface area (Å²) in [6.07, 6.45) is -5.09. The molecule has 0 fully saturated rings. The second-order valence-corrected chi connectivity index (χ2v) is 5.84. The summed E-state index contributed by atoms with van der Waals surface area (Å²) in [7, 11) is 1.28. The van der Waals surface area contributed by atoms with Crippen LogP contribution < -0.4 is 0 Å². The lowest BCUT2D eigenvalue weighted by Crippen LogP contribution is -2.28. The molecule has 0 aliphatic carbocycles. The molecule has 0 amide bonds. The number of halogens is 3. The Morgan fingerprint density at radius 2 is 1.82 bits per heavy atom. The van der Waals surface area contributed by atoms with Crippen molar-refractivity contribution in [2.45, 2.75) is 46.6 Å². The van der Waals surface area contributed by atoms with Crippen LogP contribution in [0.5, 0.6) is 0 Å². The molecule has 0 N–H and O–H groups in total. The summed E-state index contributed by atoms with van der Waals surface area (Å²) >= 11 is 0. The normalized spacial score (nSPS) is 13.8. The second kappa shape index (κ2) is 6.69. The van der Waals surface area contributed by atoms with E-state index in [1.54, 1.807) is 20.8 Å². The van der Waals surface area contributed by atoms with Crippen LogP contribution in [0.2, 0.25) is 0 Å². The molecule has 1 rings (SSSR count). The van der Waals surface area contributed by atoms with E-state index in [1.807, 2.05) is 6.92 Å². The van der Waals surface area contributed by atoms with Gasteiger partial charge in [-0.05, 0) is 45.4 Å². The van der Waals surface area contributed by atoms with Crippen molar-refractivity contribution in [3.8, 4) is 0 Å². The van der Waals surface area contributed by atoms with Gasteiger partial charge in [-0.1, -0.05) is 12.5 Å². The van der Waals surface area contributed by atoms with E-state index in [2.05, 4.69) is 0 Å². The van der Waals surface area contributed by atoms with Gasteiger partial charge in [0.2, 0.25) is 6.29 Å². The number of methoxy groups -OCH3 is 1. The molecule has 1 atom stereocenters. The van der Waals surface area contributed by atoms with Gasteiger partial charge < -0.3 is 9.47 Å². The Kier molecular flexibility index (Phi) is 5.62. The molecular formula is C16H21F3O3. The highest BCUT2D eigenvalue weighted by molar-refractivity contribution is 5.76. The van der Waals surface area contributed by atoms with Crippen LogP contribution in [-0.4, -0.2) is 13.1 Å². The molecule has 124 valence electrons. The van der Waals surface area contributed by atoms with Crippen molar-refractivity contribution in [2.24, 2.45) is 5.41 Å². The average molecular weight is 318 g/mol. The van der Waals surface area contributed by atoms with Crippen molar-refractivity contribution in [3.05, 3.63) is 34.9 Å². The van der Waals surface area contributed by atoms with E-state index in [4.69, 9.17) is 9.47 Å².